The fourth-order valence-corrected chi connectivity index (χ4v) is 4.53. The minimum absolute atomic E-state index is 0.0865. The first kappa shape index (κ1) is 23.6. The normalized spacial score (nSPS) is 11.4. The average Bonchev–Trinajstić information content (AvgIpc) is 2.84. The molecule has 0 amide bonds. The minimum Gasteiger partial charge on any atom is -0.497 e. The van der Waals surface area contributed by atoms with Crippen molar-refractivity contribution in [2.75, 3.05) is 21.3 Å². The third-order valence-corrected chi connectivity index (χ3v) is 6.28. The Morgan fingerprint density at radius 1 is 0.941 bits per heavy atom. The van der Waals surface area contributed by atoms with Crippen LogP contribution in [-0.2, 0) is 12.8 Å². The van der Waals surface area contributed by atoms with E-state index in [-0.39, 0.29) is 11.5 Å². The highest BCUT2D eigenvalue weighted by Gasteiger charge is 2.19. The SMILES string of the molecule is CCCc1nc2ccc(OC)cc2cc1Cc1c(=O)[nH]c(C(C)C)c2cc(OC)c(OC)cc12. The third-order valence-electron chi connectivity index (χ3n) is 6.28. The lowest BCUT2D eigenvalue weighted by molar-refractivity contribution is 0.356. The number of nitrogens with one attached hydrogen (secondary N) is 1. The molecule has 0 radical (unpaired) electrons. The highest BCUT2D eigenvalue weighted by atomic mass is 16.5. The molecule has 2 aromatic heterocycles. The van der Waals surface area contributed by atoms with Crippen molar-refractivity contribution in [3.63, 3.8) is 0 Å². The molecule has 34 heavy (non-hydrogen) atoms. The van der Waals surface area contributed by atoms with Crippen LogP contribution in [0.1, 0.15) is 55.6 Å². The maximum atomic E-state index is 13.4. The van der Waals surface area contributed by atoms with Crippen LogP contribution in [0.4, 0.5) is 0 Å². The van der Waals surface area contributed by atoms with Crippen LogP contribution in [0.25, 0.3) is 21.7 Å². The van der Waals surface area contributed by atoms with Gasteiger partial charge in [-0.15, -0.1) is 0 Å². The van der Waals surface area contributed by atoms with E-state index >= 15 is 0 Å². The molecule has 0 spiro atoms. The zero-order chi connectivity index (χ0) is 24.4. The summed E-state index contributed by atoms with van der Waals surface area (Å²) in [6, 6.07) is 11.9. The monoisotopic (exact) mass is 460 g/mol. The number of aromatic nitrogens is 2. The Hall–Kier alpha value is -3.54. The van der Waals surface area contributed by atoms with Crippen LogP contribution in [0.3, 0.4) is 0 Å². The number of rotatable bonds is 8. The quantitative estimate of drug-likeness (QED) is 0.361. The minimum atomic E-state index is -0.0865. The van der Waals surface area contributed by atoms with E-state index in [1.807, 2.05) is 30.3 Å². The Morgan fingerprint density at radius 3 is 2.26 bits per heavy atom. The van der Waals surface area contributed by atoms with Crippen molar-refractivity contribution in [2.24, 2.45) is 0 Å². The second kappa shape index (κ2) is 9.75. The van der Waals surface area contributed by atoms with Crippen LogP contribution in [0.15, 0.2) is 41.2 Å². The highest BCUT2D eigenvalue weighted by Crippen LogP contribution is 2.36. The van der Waals surface area contributed by atoms with Gasteiger partial charge < -0.3 is 19.2 Å². The van der Waals surface area contributed by atoms with Crippen LogP contribution >= 0.6 is 0 Å². The second-order valence-electron chi connectivity index (χ2n) is 8.83. The molecule has 0 aliphatic heterocycles. The van der Waals surface area contributed by atoms with Crippen LogP contribution in [0, 0.1) is 0 Å². The Kier molecular flexibility index (Phi) is 6.77. The Labute approximate surface area is 199 Å². The zero-order valence-corrected chi connectivity index (χ0v) is 20.7. The molecule has 0 fully saturated rings. The Balaban J connectivity index is 1.96. The van der Waals surface area contributed by atoms with Gasteiger partial charge in [-0.1, -0.05) is 27.2 Å². The number of hydrogen-bond acceptors (Lipinski definition) is 5. The maximum absolute atomic E-state index is 13.4. The Morgan fingerprint density at radius 2 is 1.65 bits per heavy atom. The maximum Gasteiger partial charge on any atom is 0.252 e. The molecule has 0 saturated heterocycles. The van der Waals surface area contributed by atoms with E-state index in [0.717, 1.165) is 57.2 Å². The molecule has 4 rings (SSSR count). The van der Waals surface area contributed by atoms with E-state index in [1.165, 1.54) is 0 Å². The molecule has 0 unspecified atom stereocenters. The van der Waals surface area contributed by atoms with Crippen molar-refractivity contribution in [1.82, 2.24) is 9.97 Å². The van der Waals surface area contributed by atoms with Crippen LogP contribution in [0.2, 0.25) is 0 Å². The summed E-state index contributed by atoms with van der Waals surface area (Å²) in [6.45, 7) is 6.28. The van der Waals surface area contributed by atoms with E-state index in [1.54, 1.807) is 21.3 Å². The lowest BCUT2D eigenvalue weighted by Gasteiger charge is -2.17. The van der Waals surface area contributed by atoms with E-state index in [2.05, 4.69) is 31.8 Å². The van der Waals surface area contributed by atoms with Crippen molar-refractivity contribution < 1.29 is 14.2 Å². The standard InChI is InChI=1S/C28H32N2O4/c1-7-8-23-18(11-17-12-19(32-4)9-10-24(17)29-23)13-22-20-14-25(33-5)26(34-6)15-21(20)27(16(2)3)30-28(22)31/h9-12,14-16H,7-8,13H2,1-6H3,(H,30,31). The lowest BCUT2D eigenvalue weighted by atomic mass is 9.93. The molecule has 178 valence electrons. The van der Waals surface area contributed by atoms with Crippen molar-refractivity contribution in [3.8, 4) is 17.2 Å². The number of pyridine rings is 2. The largest absolute Gasteiger partial charge is 0.497 e. The number of methoxy groups -OCH3 is 3. The van der Waals surface area contributed by atoms with Gasteiger partial charge in [0.05, 0.1) is 26.8 Å². The summed E-state index contributed by atoms with van der Waals surface area (Å²) in [7, 11) is 4.89. The number of fused-ring (bicyclic) bond motifs is 2. The van der Waals surface area contributed by atoms with Crippen LogP contribution in [0.5, 0.6) is 17.2 Å². The number of aromatic amines is 1. The van der Waals surface area contributed by atoms with Gasteiger partial charge >= 0.3 is 0 Å². The first-order valence-corrected chi connectivity index (χ1v) is 11.7. The first-order chi connectivity index (χ1) is 16.4. The smallest absolute Gasteiger partial charge is 0.252 e. The summed E-state index contributed by atoms with van der Waals surface area (Å²) < 4.78 is 16.5. The van der Waals surface area contributed by atoms with Gasteiger partial charge in [-0.05, 0) is 59.7 Å². The average molecular weight is 461 g/mol. The number of aryl methyl sites for hydroxylation is 1. The van der Waals surface area contributed by atoms with Gasteiger partial charge in [-0.3, -0.25) is 9.78 Å². The molecule has 6 heteroatoms. The molecule has 4 aromatic rings. The summed E-state index contributed by atoms with van der Waals surface area (Å²) in [5, 5.41) is 2.83. The summed E-state index contributed by atoms with van der Waals surface area (Å²) >= 11 is 0. The van der Waals surface area contributed by atoms with Crippen molar-refractivity contribution >= 4 is 21.7 Å². The van der Waals surface area contributed by atoms with E-state index < -0.39 is 0 Å². The molecule has 0 atom stereocenters. The summed E-state index contributed by atoms with van der Waals surface area (Å²) in [6.07, 6.45) is 2.28. The first-order valence-electron chi connectivity index (χ1n) is 11.7. The zero-order valence-electron chi connectivity index (χ0n) is 20.7. The fourth-order valence-electron chi connectivity index (χ4n) is 4.53. The lowest BCUT2D eigenvalue weighted by Crippen LogP contribution is -2.18. The summed E-state index contributed by atoms with van der Waals surface area (Å²) in [5.41, 5.74) is 4.48. The predicted molar refractivity (Wildman–Crippen MR) is 137 cm³/mol. The van der Waals surface area contributed by atoms with Gasteiger partial charge in [-0.2, -0.15) is 0 Å². The van der Waals surface area contributed by atoms with E-state index in [0.29, 0.717) is 23.5 Å². The summed E-state index contributed by atoms with van der Waals surface area (Å²) in [5.74, 6) is 2.17. The van der Waals surface area contributed by atoms with E-state index in [9.17, 15) is 4.79 Å². The molecule has 2 heterocycles. The van der Waals surface area contributed by atoms with Gasteiger partial charge in [0.25, 0.3) is 5.56 Å². The van der Waals surface area contributed by atoms with Gasteiger partial charge in [0.1, 0.15) is 5.75 Å². The number of ether oxygens (including phenoxy) is 3. The molecule has 2 aromatic carbocycles. The number of H-pyrrole nitrogens is 1. The van der Waals surface area contributed by atoms with Crippen molar-refractivity contribution in [2.45, 2.75) is 46.0 Å². The third kappa shape index (κ3) is 4.32. The van der Waals surface area contributed by atoms with Gasteiger partial charge in [0, 0.05) is 34.1 Å². The molecular formula is C28H32N2O4. The molecular weight excluding hydrogens is 428 g/mol. The predicted octanol–water partition coefficient (Wildman–Crippen LogP) is 5.77. The molecule has 0 saturated carbocycles. The molecule has 1 N–H and O–H groups in total. The van der Waals surface area contributed by atoms with Crippen LogP contribution in [-0.4, -0.2) is 31.3 Å². The van der Waals surface area contributed by atoms with Crippen molar-refractivity contribution in [3.05, 3.63) is 69.3 Å². The number of hydrogen-bond donors (Lipinski definition) is 1. The topological polar surface area (TPSA) is 73.4 Å². The van der Waals surface area contributed by atoms with Gasteiger partial charge in [0.2, 0.25) is 0 Å². The second-order valence-corrected chi connectivity index (χ2v) is 8.83. The molecule has 6 nitrogen and oxygen atoms in total. The highest BCUT2D eigenvalue weighted by molar-refractivity contribution is 5.91. The molecule has 0 aliphatic carbocycles. The summed E-state index contributed by atoms with van der Waals surface area (Å²) in [4.78, 5) is 21.5. The molecule has 0 aliphatic rings. The van der Waals surface area contributed by atoms with Gasteiger partial charge in [-0.25, -0.2) is 0 Å². The number of nitrogens with zero attached hydrogens (tertiary/aromatic N) is 1. The fraction of sp³-hybridized carbons (Fsp3) is 0.357. The molecule has 0 bridgehead atoms. The van der Waals surface area contributed by atoms with Gasteiger partial charge in [0.15, 0.2) is 11.5 Å². The van der Waals surface area contributed by atoms with Crippen molar-refractivity contribution in [1.29, 1.82) is 0 Å². The Bertz CT molecular complexity index is 1410. The van der Waals surface area contributed by atoms with Crippen LogP contribution < -0.4 is 19.8 Å². The number of benzene rings is 2. The van der Waals surface area contributed by atoms with E-state index in [4.69, 9.17) is 19.2 Å².